The number of ether oxygens (including phenoxy) is 2. The third kappa shape index (κ3) is 4.16. The van der Waals surface area contributed by atoms with E-state index in [2.05, 4.69) is 30.1 Å². The van der Waals surface area contributed by atoms with Crippen molar-refractivity contribution in [3.05, 3.63) is 68.2 Å². The van der Waals surface area contributed by atoms with Crippen LogP contribution >= 0.6 is 22.7 Å². The van der Waals surface area contributed by atoms with Crippen molar-refractivity contribution in [2.24, 2.45) is 0 Å². The van der Waals surface area contributed by atoms with Crippen molar-refractivity contribution in [1.29, 1.82) is 0 Å². The predicted octanol–water partition coefficient (Wildman–Crippen LogP) is 5.11. The highest BCUT2D eigenvalue weighted by atomic mass is 32.1. The molecular formula is C23H26N2O3S2. The molecule has 1 aromatic carbocycles. The smallest absolute Gasteiger partial charge is 0.266 e. The molecule has 0 aliphatic carbocycles. The molecule has 5 nitrogen and oxygen atoms in total. The Morgan fingerprint density at radius 2 is 1.93 bits per heavy atom. The normalized spacial score (nSPS) is 15.7. The fourth-order valence-electron chi connectivity index (χ4n) is 3.90. The van der Waals surface area contributed by atoms with Crippen LogP contribution < -0.4 is 10.1 Å². The number of nitrogens with one attached hydrogen (secondary N) is 1. The summed E-state index contributed by atoms with van der Waals surface area (Å²) in [5, 5.41) is 6.02. The SMILES string of the molecule is COc1ccccc1C(c1c(NC(=O)c2cccs2)sc(C)c1C)N1CCOCC1. The number of rotatable bonds is 6. The zero-order valence-corrected chi connectivity index (χ0v) is 19.1. The van der Waals surface area contributed by atoms with E-state index in [1.165, 1.54) is 21.8 Å². The van der Waals surface area contributed by atoms with Crippen LogP contribution in [0, 0.1) is 13.8 Å². The van der Waals surface area contributed by atoms with Gasteiger partial charge in [0.2, 0.25) is 0 Å². The van der Waals surface area contributed by atoms with Crippen LogP contribution in [0.2, 0.25) is 0 Å². The maximum absolute atomic E-state index is 12.9. The van der Waals surface area contributed by atoms with Gasteiger partial charge in [-0.25, -0.2) is 0 Å². The van der Waals surface area contributed by atoms with Crippen molar-refractivity contribution in [3.63, 3.8) is 0 Å². The van der Waals surface area contributed by atoms with Gasteiger partial charge >= 0.3 is 0 Å². The average molecular weight is 443 g/mol. The summed E-state index contributed by atoms with van der Waals surface area (Å²) in [5.41, 5.74) is 3.46. The molecule has 0 spiro atoms. The number of amides is 1. The fraction of sp³-hybridized carbons (Fsp3) is 0.348. The molecule has 1 aliphatic rings. The Kier molecular flexibility index (Phi) is 6.53. The van der Waals surface area contributed by atoms with Crippen LogP contribution in [0.25, 0.3) is 0 Å². The molecule has 0 bridgehead atoms. The highest BCUT2D eigenvalue weighted by Gasteiger charge is 2.32. The van der Waals surface area contributed by atoms with Crippen molar-refractivity contribution < 1.29 is 14.3 Å². The van der Waals surface area contributed by atoms with Gasteiger partial charge in [-0.2, -0.15) is 0 Å². The van der Waals surface area contributed by atoms with Crippen molar-refractivity contribution in [2.75, 3.05) is 38.7 Å². The van der Waals surface area contributed by atoms with Crippen LogP contribution in [0.3, 0.4) is 0 Å². The minimum atomic E-state index is -0.0618. The first-order valence-corrected chi connectivity index (χ1v) is 11.7. The van der Waals surface area contributed by atoms with Gasteiger partial charge in [-0.3, -0.25) is 9.69 Å². The monoisotopic (exact) mass is 442 g/mol. The van der Waals surface area contributed by atoms with Gasteiger partial charge in [-0.05, 0) is 36.9 Å². The number of morpholine rings is 1. The Balaban J connectivity index is 1.81. The zero-order chi connectivity index (χ0) is 21.1. The molecule has 2 aromatic heterocycles. The number of carbonyl (C=O) groups is 1. The van der Waals surface area contributed by atoms with Crippen LogP contribution in [0.4, 0.5) is 5.00 Å². The van der Waals surface area contributed by atoms with E-state index in [9.17, 15) is 4.79 Å². The molecule has 158 valence electrons. The summed E-state index contributed by atoms with van der Waals surface area (Å²) in [4.78, 5) is 17.2. The number of carbonyl (C=O) groups excluding carboxylic acids is 1. The second-order valence-corrected chi connectivity index (χ2v) is 9.42. The van der Waals surface area contributed by atoms with Crippen LogP contribution in [-0.2, 0) is 4.74 Å². The van der Waals surface area contributed by atoms with Gasteiger partial charge in [0.25, 0.3) is 5.91 Å². The average Bonchev–Trinajstić information content (AvgIpc) is 3.40. The molecule has 1 N–H and O–H groups in total. The Hall–Kier alpha value is -2.19. The first-order valence-electron chi connectivity index (χ1n) is 9.99. The molecular weight excluding hydrogens is 416 g/mol. The Bertz CT molecular complexity index is 1010. The number of thiophene rings is 2. The second kappa shape index (κ2) is 9.31. The summed E-state index contributed by atoms with van der Waals surface area (Å²) in [5.74, 6) is 0.793. The first-order chi connectivity index (χ1) is 14.6. The molecule has 3 heterocycles. The van der Waals surface area contributed by atoms with Gasteiger partial charge in [0.05, 0.1) is 31.2 Å². The Labute approximate surface area is 185 Å². The topological polar surface area (TPSA) is 50.8 Å². The van der Waals surface area contributed by atoms with Crippen LogP contribution in [0.15, 0.2) is 41.8 Å². The van der Waals surface area contributed by atoms with Gasteiger partial charge < -0.3 is 14.8 Å². The molecule has 4 rings (SSSR count). The molecule has 1 unspecified atom stereocenters. The van der Waals surface area contributed by atoms with Gasteiger partial charge in [0.15, 0.2) is 0 Å². The van der Waals surface area contributed by atoms with E-state index in [0.29, 0.717) is 18.1 Å². The van der Waals surface area contributed by atoms with Gasteiger partial charge in [-0.15, -0.1) is 22.7 Å². The summed E-state index contributed by atoms with van der Waals surface area (Å²) in [7, 11) is 1.71. The molecule has 0 radical (unpaired) electrons. The quantitative estimate of drug-likeness (QED) is 0.576. The lowest BCUT2D eigenvalue weighted by molar-refractivity contribution is 0.0236. The van der Waals surface area contributed by atoms with Crippen molar-refractivity contribution in [3.8, 4) is 5.75 Å². The number of hydrogen-bond acceptors (Lipinski definition) is 6. The lowest BCUT2D eigenvalue weighted by Gasteiger charge is -2.36. The van der Waals surface area contributed by atoms with Gasteiger partial charge in [0, 0.05) is 29.1 Å². The van der Waals surface area contributed by atoms with Gasteiger partial charge in [-0.1, -0.05) is 24.3 Å². The molecule has 1 atom stereocenters. The molecule has 30 heavy (non-hydrogen) atoms. The minimum Gasteiger partial charge on any atom is -0.496 e. The number of aryl methyl sites for hydroxylation is 1. The summed E-state index contributed by atoms with van der Waals surface area (Å²) in [6.07, 6.45) is 0. The molecule has 0 saturated carbocycles. The van der Waals surface area contributed by atoms with E-state index in [4.69, 9.17) is 9.47 Å². The molecule has 1 aliphatic heterocycles. The number of benzene rings is 1. The summed E-state index contributed by atoms with van der Waals surface area (Å²) in [6.45, 7) is 7.31. The lowest BCUT2D eigenvalue weighted by atomic mass is 9.93. The minimum absolute atomic E-state index is 0.0198. The summed E-state index contributed by atoms with van der Waals surface area (Å²) in [6, 6.07) is 11.9. The van der Waals surface area contributed by atoms with Gasteiger partial charge in [0.1, 0.15) is 10.8 Å². The van der Waals surface area contributed by atoms with E-state index < -0.39 is 0 Å². The zero-order valence-electron chi connectivity index (χ0n) is 17.4. The van der Waals surface area contributed by atoms with Crippen molar-refractivity contribution >= 4 is 33.6 Å². The van der Waals surface area contributed by atoms with Crippen molar-refractivity contribution in [1.82, 2.24) is 4.90 Å². The molecule has 7 heteroatoms. The predicted molar refractivity (Wildman–Crippen MR) is 123 cm³/mol. The molecule has 3 aromatic rings. The number of hydrogen-bond donors (Lipinski definition) is 1. The van der Waals surface area contributed by atoms with E-state index in [0.717, 1.165) is 35.0 Å². The number of anilines is 1. The van der Waals surface area contributed by atoms with E-state index in [-0.39, 0.29) is 11.9 Å². The summed E-state index contributed by atoms with van der Waals surface area (Å²) < 4.78 is 11.3. The summed E-state index contributed by atoms with van der Waals surface area (Å²) >= 11 is 3.09. The van der Waals surface area contributed by atoms with E-state index >= 15 is 0 Å². The number of para-hydroxylation sites is 1. The largest absolute Gasteiger partial charge is 0.496 e. The van der Waals surface area contributed by atoms with Crippen LogP contribution in [0.5, 0.6) is 5.75 Å². The Morgan fingerprint density at radius 1 is 1.17 bits per heavy atom. The van der Waals surface area contributed by atoms with Crippen LogP contribution in [0.1, 0.15) is 37.3 Å². The maximum Gasteiger partial charge on any atom is 0.266 e. The fourth-order valence-corrected chi connectivity index (χ4v) is 5.61. The molecule has 1 amide bonds. The third-order valence-corrected chi connectivity index (χ3v) is 7.53. The van der Waals surface area contributed by atoms with Crippen LogP contribution in [-0.4, -0.2) is 44.2 Å². The standard InChI is InChI=1S/C23H26N2O3S2/c1-15-16(2)30-23(24-22(26)19-9-6-14-29-19)20(15)21(25-10-12-28-13-11-25)17-7-4-5-8-18(17)27-3/h4-9,14,21H,10-13H2,1-3H3,(H,24,26). The molecule has 1 fully saturated rings. The van der Waals surface area contributed by atoms with E-state index in [1.807, 2.05) is 35.7 Å². The lowest BCUT2D eigenvalue weighted by Crippen LogP contribution is -2.40. The number of nitrogens with zero attached hydrogens (tertiary/aromatic N) is 1. The maximum atomic E-state index is 12.9. The highest BCUT2D eigenvalue weighted by Crippen LogP contribution is 2.44. The Morgan fingerprint density at radius 3 is 2.63 bits per heavy atom. The highest BCUT2D eigenvalue weighted by molar-refractivity contribution is 7.17. The second-order valence-electron chi connectivity index (χ2n) is 7.25. The molecule has 1 saturated heterocycles. The first kappa shape index (κ1) is 21.1. The number of methoxy groups -OCH3 is 1. The third-order valence-electron chi connectivity index (χ3n) is 5.52. The van der Waals surface area contributed by atoms with Crippen molar-refractivity contribution in [2.45, 2.75) is 19.9 Å². The van der Waals surface area contributed by atoms with E-state index in [1.54, 1.807) is 18.4 Å².